The number of hydrogen-bond donors (Lipinski definition) is 3. The van der Waals surface area contributed by atoms with E-state index in [9.17, 15) is 27.6 Å². The molecule has 0 radical (unpaired) electrons. The molecule has 1 aromatic carbocycles. The van der Waals surface area contributed by atoms with Gasteiger partial charge in [0.15, 0.2) is 0 Å². The zero-order valence-corrected chi connectivity index (χ0v) is 14.5. The van der Waals surface area contributed by atoms with E-state index in [4.69, 9.17) is 0 Å². The Kier molecular flexibility index (Phi) is 5.38. The fourth-order valence-corrected chi connectivity index (χ4v) is 3.52. The first-order valence-electron chi connectivity index (χ1n) is 8.83. The average Bonchev–Trinajstić information content (AvgIpc) is 2.61. The van der Waals surface area contributed by atoms with Crippen molar-refractivity contribution in [2.75, 3.05) is 10.6 Å². The number of hydrogen-bond acceptors (Lipinski definition) is 3. The van der Waals surface area contributed by atoms with Crippen LogP contribution in [0.2, 0.25) is 0 Å². The number of anilines is 2. The van der Waals surface area contributed by atoms with E-state index in [1.165, 1.54) is 0 Å². The molecule has 0 saturated heterocycles. The van der Waals surface area contributed by atoms with Crippen molar-refractivity contribution in [2.24, 2.45) is 5.92 Å². The highest BCUT2D eigenvalue weighted by molar-refractivity contribution is 6.39. The summed E-state index contributed by atoms with van der Waals surface area (Å²) in [5.41, 5.74) is 1.89. The summed E-state index contributed by atoms with van der Waals surface area (Å²) in [6, 6.07) is 4.19. The molecule has 0 spiro atoms. The normalized spacial score (nSPS) is 22.4. The minimum atomic E-state index is -4.29. The van der Waals surface area contributed by atoms with Crippen LogP contribution in [0.3, 0.4) is 0 Å². The van der Waals surface area contributed by atoms with E-state index < -0.39 is 30.0 Å². The van der Waals surface area contributed by atoms with Crippen LogP contribution in [0.15, 0.2) is 18.2 Å². The predicted octanol–water partition coefficient (Wildman–Crippen LogP) is 2.75. The Hall–Kier alpha value is -2.58. The summed E-state index contributed by atoms with van der Waals surface area (Å²) in [4.78, 5) is 35.5. The monoisotopic (exact) mass is 383 g/mol. The number of aryl methyl sites for hydroxylation is 1. The Morgan fingerprint density at radius 2 is 1.89 bits per heavy atom. The Morgan fingerprint density at radius 1 is 1.11 bits per heavy atom. The molecule has 2 atom stereocenters. The van der Waals surface area contributed by atoms with Crippen LogP contribution in [-0.2, 0) is 20.8 Å². The molecule has 3 amide bonds. The zero-order chi connectivity index (χ0) is 19.6. The topological polar surface area (TPSA) is 87.3 Å². The highest BCUT2D eigenvalue weighted by atomic mass is 19.4. The van der Waals surface area contributed by atoms with Gasteiger partial charge in [-0.25, -0.2) is 0 Å². The lowest BCUT2D eigenvalue weighted by Gasteiger charge is -2.30. The van der Waals surface area contributed by atoms with E-state index in [0.717, 1.165) is 5.56 Å². The molecule has 0 aromatic heterocycles. The van der Waals surface area contributed by atoms with Crippen LogP contribution >= 0.6 is 0 Å². The van der Waals surface area contributed by atoms with Crippen LogP contribution in [0, 0.1) is 5.92 Å². The molecule has 2 aliphatic rings. The number of alkyl halides is 3. The number of fused-ring (bicyclic) bond motifs is 1. The molecule has 6 nitrogen and oxygen atoms in total. The van der Waals surface area contributed by atoms with E-state index in [-0.39, 0.29) is 18.7 Å². The molecule has 1 saturated carbocycles. The highest BCUT2D eigenvalue weighted by Crippen LogP contribution is 2.37. The summed E-state index contributed by atoms with van der Waals surface area (Å²) in [6.45, 7) is 0. The number of carbonyl (C=O) groups is 3. The molecule has 1 heterocycles. The molecule has 1 fully saturated rings. The van der Waals surface area contributed by atoms with Gasteiger partial charge in [-0.15, -0.1) is 0 Å². The summed E-state index contributed by atoms with van der Waals surface area (Å²) in [7, 11) is 0. The van der Waals surface area contributed by atoms with Crippen LogP contribution in [-0.4, -0.2) is 29.9 Å². The Labute approximate surface area is 153 Å². The Balaban J connectivity index is 1.56. The lowest BCUT2D eigenvalue weighted by Crippen LogP contribution is -2.45. The number of carbonyl (C=O) groups excluding carboxylic acids is 3. The van der Waals surface area contributed by atoms with Gasteiger partial charge in [-0.2, -0.15) is 13.2 Å². The number of rotatable bonds is 2. The molecule has 3 N–H and O–H groups in total. The minimum absolute atomic E-state index is 0.0493. The van der Waals surface area contributed by atoms with Gasteiger partial charge in [-0.1, -0.05) is 6.42 Å². The molecule has 146 valence electrons. The van der Waals surface area contributed by atoms with Crippen molar-refractivity contribution in [1.29, 1.82) is 0 Å². The minimum Gasteiger partial charge on any atom is -0.345 e. The first-order valence-corrected chi connectivity index (χ1v) is 8.83. The van der Waals surface area contributed by atoms with Crippen molar-refractivity contribution >= 4 is 29.1 Å². The maximum atomic E-state index is 12.8. The largest absolute Gasteiger partial charge is 0.391 e. The quantitative estimate of drug-likeness (QED) is 0.687. The SMILES string of the molecule is O=C1CCc2cc(NC(=O)C(=O)NC3CCCC(C(F)(F)F)C3)ccc2N1. The fourth-order valence-electron chi connectivity index (χ4n) is 3.52. The third-order valence-corrected chi connectivity index (χ3v) is 4.94. The fraction of sp³-hybridized carbons (Fsp3) is 0.500. The first-order chi connectivity index (χ1) is 12.7. The van der Waals surface area contributed by atoms with Gasteiger partial charge < -0.3 is 16.0 Å². The predicted molar refractivity (Wildman–Crippen MR) is 92.0 cm³/mol. The third-order valence-electron chi connectivity index (χ3n) is 4.94. The molecular formula is C18H20F3N3O3. The lowest BCUT2D eigenvalue weighted by molar-refractivity contribution is -0.184. The van der Waals surface area contributed by atoms with Crippen LogP contribution in [0.5, 0.6) is 0 Å². The van der Waals surface area contributed by atoms with E-state index in [2.05, 4.69) is 16.0 Å². The van der Waals surface area contributed by atoms with Crippen molar-refractivity contribution in [3.05, 3.63) is 23.8 Å². The molecule has 1 aromatic rings. The van der Waals surface area contributed by atoms with E-state index in [0.29, 0.717) is 37.1 Å². The maximum Gasteiger partial charge on any atom is 0.391 e. The number of amides is 3. The summed E-state index contributed by atoms with van der Waals surface area (Å²) in [5.74, 6) is -3.41. The summed E-state index contributed by atoms with van der Waals surface area (Å²) < 4.78 is 38.5. The van der Waals surface area contributed by atoms with Gasteiger partial charge in [0.05, 0.1) is 5.92 Å². The van der Waals surface area contributed by atoms with Gasteiger partial charge in [0.2, 0.25) is 5.91 Å². The average molecular weight is 383 g/mol. The summed E-state index contributed by atoms with van der Waals surface area (Å²) >= 11 is 0. The zero-order valence-electron chi connectivity index (χ0n) is 14.5. The molecule has 0 bridgehead atoms. The van der Waals surface area contributed by atoms with E-state index in [1.807, 2.05) is 0 Å². The van der Waals surface area contributed by atoms with Gasteiger partial charge >= 0.3 is 18.0 Å². The van der Waals surface area contributed by atoms with E-state index in [1.54, 1.807) is 18.2 Å². The highest BCUT2D eigenvalue weighted by Gasteiger charge is 2.42. The first kappa shape index (κ1) is 19.2. The smallest absolute Gasteiger partial charge is 0.345 e. The molecule has 1 aliphatic carbocycles. The standard InChI is InChI=1S/C18H20F3N3O3/c19-18(20,21)11-2-1-3-12(9-11)22-16(26)17(27)23-13-5-6-14-10(8-13)4-7-15(25)24-14/h5-6,8,11-12H,1-4,7,9H2,(H,22,26)(H,23,27)(H,24,25). The molecule has 2 unspecified atom stereocenters. The van der Waals surface area contributed by atoms with Crippen LogP contribution < -0.4 is 16.0 Å². The number of halogens is 3. The van der Waals surface area contributed by atoms with Crippen LogP contribution in [0.1, 0.15) is 37.7 Å². The number of nitrogens with one attached hydrogen (secondary N) is 3. The lowest BCUT2D eigenvalue weighted by atomic mass is 9.85. The maximum absolute atomic E-state index is 12.8. The van der Waals surface area contributed by atoms with Gasteiger partial charge in [0.1, 0.15) is 0 Å². The molecule has 1 aliphatic heterocycles. The van der Waals surface area contributed by atoms with E-state index >= 15 is 0 Å². The van der Waals surface area contributed by atoms with Crippen molar-refractivity contribution < 1.29 is 27.6 Å². The van der Waals surface area contributed by atoms with Crippen molar-refractivity contribution in [3.8, 4) is 0 Å². The Bertz CT molecular complexity index is 764. The molecule has 3 rings (SSSR count). The summed E-state index contributed by atoms with van der Waals surface area (Å²) in [6.07, 6.45) is -2.80. The number of benzene rings is 1. The van der Waals surface area contributed by atoms with Crippen molar-refractivity contribution in [1.82, 2.24) is 5.32 Å². The van der Waals surface area contributed by atoms with Crippen LogP contribution in [0.25, 0.3) is 0 Å². The van der Waals surface area contributed by atoms with Gasteiger partial charge in [-0.3, -0.25) is 14.4 Å². The van der Waals surface area contributed by atoms with Gasteiger partial charge in [0.25, 0.3) is 0 Å². The Morgan fingerprint density at radius 3 is 2.63 bits per heavy atom. The summed E-state index contributed by atoms with van der Waals surface area (Å²) in [5, 5.41) is 7.56. The van der Waals surface area contributed by atoms with Crippen molar-refractivity contribution in [2.45, 2.75) is 50.7 Å². The molecule has 27 heavy (non-hydrogen) atoms. The van der Waals surface area contributed by atoms with Gasteiger partial charge in [0, 0.05) is 23.8 Å². The molecular weight excluding hydrogens is 363 g/mol. The second kappa shape index (κ2) is 7.58. The van der Waals surface area contributed by atoms with Crippen molar-refractivity contribution in [3.63, 3.8) is 0 Å². The third kappa shape index (κ3) is 4.78. The van der Waals surface area contributed by atoms with Gasteiger partial charge in [-0.05, 0) is 49.4 Å². The van der Waals surface area contributed by atoms with Crippen LogP contribution in [0.4, 0.5) is 24.5 Å². The second-order valence-electron chi connectivity index (χ2n) is 6.95. The molecule has 9 heteroatoms. The second-order valence-corrected chi connectivity index (χ2v) is 6.95.